The second kappa shape index (κ2) is 9.35. The second-order valence-corrected chi connectivity index (χ2v) is 7.15. The molecule has 1 aliphatic rings. The van der Waals surface area contributed by atoms with E-state index in [-0.39, 0.29) is 23.9 Å². The van der Waals surface area contributed by atoms with Gasteiger partial charge in [0.15, 0.2) is 0 Å². The predicted octanol–water partition coefficient (Wildman–Crippen LogP) is 3.04. The Morgan fingerprint density at radius 1 is 1.14 bits per heavy atom. The van der Waals surface area contributed by atoms with Crippen LogP contribution in [0.2, 0.25) is 0 Å². The predicted molar refractivity (Wildman–Crippen MR) is 109 cm³/mol. The highest BCUT2D eigenvalue weighted by molar-refractivity contribution is 5.80. The molecule has 2 aromatic rings. The number of benzene rings is 1. The van der Waals surface area contributed by atoms with E-state index in [4.69, 9.17) is 0 Å². The molecule has 0 radical (unpaired) electrons. The zero-order chi connectivity index (χ0) is 19.9. The van der Waals surface area contributed by atoms with Gasteiger partial charge in [0, 0.05) is 31.7 Å². The number of carbonyl (C=O) groups excluding carboxylic acids is 2. The number of amides is 3. The van der Waals surface area contributed by atoms with Gasteiger partial charge in [0.05, 0.1) is 11.7 Å². The highest BCUT2D eigenvalue weighted by Crippen LogP contribution is 2.25. The van der Waals surface area contributed by atoms with E-state index < -0.39 is 0 Å². The molecular weight excluding hydrogens is 352 g/mol. The fraction of sp³-hybridized carbons (Fsp3) is 0.409. The number of rotatable bonds is 5. The van der Waals surface area contributed by atoms with Crippen molar-refractivity contribution in [3.8, 4) is 0 Å². The van der Waals surface area contributed by atoms with Gasteiger partial charge in [-0.1, -0.05) is 30.3 Å². The number of urea groups is 1. The highest BCUT2D eigenvalue weighted by Gasteiger charge is 2.29. The third-order valence-electron chi connectivity index (χ3n) is 5.25. The van der Waals surface area contributed by atoms with Crippen molar-refractivity contribution in [1.29, 1.82) is 0 Å². The van der Waals surface area contributed by atoms with Crippen LogP contribution in [0.5, 0.6) is 0 Å². The Morgan fingerprint density at radius 2 is 1.86 bits per heavy atom. The lowest BCUT2D eigenvalue weighted by Crippen LogP contribution is -2.47. The number of nitrogens with zero attached hydrogens (tertiary/aromatic N) is 2. The summed E-state index contributed by atoms with van der Waals surface area (Å²) in [6, 6.07) is 13.5. The van der Waals surface area contributed by atoms with Gasteiger partial charge in [0.25, 0.3) is 0 Å². The lowest BCUT2D eigenvalue weighted by molar-refractivity contribution is -0.126. The van der Waals surface area contributed by atoms with Gasteiger partial charge in [-0.15, -0.1) is 0 Å². The molecule has 148 valence electrons. The summed E-state index contributed by atoms with van der Waals surface area (Å²) in [5.41, 5.74) is 2.99. The molecule has 0 saturated carbocycles. The first kappa shape index (κ1) is 19.9. The number of pyridine rings is 1. The SMILES string of the molecule is CCNC(=O)N1CCC(C(=O)NC(c2ccccn2)c2ccccc2C)CC1. The van der Waals surface area contributed by atoms with Crippen LogP contribution < -0.4 is 10.6 Å². The third-order valence-corrected chi connectivity index (χ3v) is 5.25. The molecule has 2 heterocycles. The van der Waals surface area contributed by atoms with Gasteiger partial charge in [0.1, 0.15) is 0 Å². The number of aromatic nitrogens is 1. The molecule has 0 bridgehead atoms. The van der Waals surface area contributed by atoms with Crippen LogP contribution in [-0.2, 0) is 4.79 Å². The molecule has 6 nitrogen and oxygen atoms in total. The smallest absolute Gasteiger partial charge is 0.317 e. The molecule has 1 aromatic carbocycles. The zero-order valence-corrected chi connectivity index (χ0v) is 16.5. The summed E-state index contributed by atoms with van der Waals surface area (Å²) in [4.78, 5) is 31.2. The van der Waals surface area contributed by atoms with Gasteiger partial charge in [0.2, 0.25) is 5.91 Å². The highest BCUT2D eigenvalue weighted by atomic mass is 16.2. The van der Waals surface area contributed by atoms with E-state index in [1.54, 1.807) is 11.1 Å². The van der Waals surface area contributed by atoms with E-state index in [0.29, 0.717) is 32.5 Å². The molecule has 1 fully saturated rings. The quantitative estimate of drug-likeness (QED) is 0.837. The molecule has 0 aliphatic carbocycles. The average Bonchev–Trinajstić information content (AvgIpc) is 2.73. The topological polar surface area (TPSA) is 74.3 Å². The number of aryl methyl sites for hydroxylation is 1. The van der Waals surface area contributed by atoms with Gasteiger partial charge < -0.3 is 15.5 Å². The van der Waals surface area contributed by atoms with Crippen molar-refractivity contribution in [2.45, 2.75) is 32.7 Å². The molecule has 1 atom stereocenters. The van der Waals surface area contributed by atoms with Crippen molar-refractivity contribution < 1.29 is 9.59 Å². The molecule has 2 N–H and O–H groups in total. The zero-order valence-electron chi connectivity index (χ0n) is 16.5. The number of hydrogen-bond donors (Lipinski definition) is 2. The van der Waals surface area contributed by atoms with Crippen LogP contribution in [-0.4, -0.2) is 41.5 Å². The molecular formula is C22H28N4O2. The molecule has 3 rings (SSSR count). The van der Waals surface area contributed by atoms with Crippen LogP contribution in [0.25, 0.3) is 0 Å². The molecule has 1 saturated heterocycles. The average molecular weight is 380 g/mol. The Kier molecular flexibility index (Phi) is 6.63. The first-order valence-corrected chi connectivity index (χ1v) is 9.89. The van der Waals surface area contributed by atoms with Crippen LogP contribution in [0.15, 0.2) is 48.7 Å². The number of hydrogen-bond acceptors (Lipinski definition) is 3. The number of piperidine rings is 1. The minimum atomic E-state index is -0.281. The molecule has 1 unspecified atom stereocenters. The van der Waals surface area contributed by atoms with E-state index in [0.717, 1.165) is 16.8 Å². The van der Waals surface area contributed by atoms with E-state index in [1.807, 2.05) is 56.3 Å². The van der Waals surface area contributed by atoms with Crippen LogP contribution in [0.4, 0.5) is 4.79 Å². The minimum absolute atomic E-state index is 0.0226. The van der Waals surface area contributed by atoms with Crippen molar-refractivity contribution in [2.75, 3.05) is 19.6 Å². The Hall–Kier alpha value is -2.89. The molecule has 28 heavy (non-hydrogen) atoms. The summed E-state index contributed by atoms with van der Waals surface area (Å²) in [7, 11) is 0. The molecule has 3 amide bonds. The summed E-state index contributed by atoms with van der Waals surface area (Å²) in [5.74, 6) is -0.0737. The Labute approximate surface area is 166 Å². The maximum absolute atomic E-state index is 13.0. The summed E-state index contributed by atoms with van der Waals surface area (Å²) in [5, 5.41) is 6.03. The number of nitrogens with one attached hydrogen (secondary N) is 2. The standard InChI is InChI=1S/C22H28N4O2/c1-3-23-22(28)26-14-11-17(12-15-26)21(27)25-20(19-10-6-7-13-24-19)18-9-5-4-8-16(18)2/h4-10,13,17,20H,3,11-12,14-15H2,1-2H3,(H,23,28)(H,25,27). The lowest BCUT2D eigenvalue weighted by atomic mass is 9.93. The van der Waals surface area contributed by atoms with E-state index in [9.17, 15) is 9.59 Å². The Balaban J connectivity index is 1.71. The summed E-state index contributed by atoms with van der Waals surface area (Å²) in [6.45, 7) is 5.76. The fourth-order valence-electron chi connectivity index (χ4n) is 3.64. The Bertz CT molecular complexity index is 801. The summed E-state index contributed by atoms with van der Waals surface area (Å²) >= 11 is 0. The number of carbonyl (C=O) groups is 2. The second-order valence-electron chi connectivity index (χ2n) is 7.15. The molecule has 1 aromatic heterocycles. The van der Waals surface area contributed by atoms with E-state index in [1.165, 1.54) is 0 Å². The first-order valence-electron chi connectivity index (χ1n) is 9.89. The molecule has 1 aliphatic heterocycles. The minimum Gasteiger partial charge on any atom is -0.343 e. The van der Waals surface area contributed by atoms with E-state index in [2.05, 4.69) is 15.6 Å². The molecule has 0 spiro atoms. The number of likely N-dealkylation sites (tertiary alicyclic amines) is 1. The van der Waals surface area contributed by atoms with Crippen LogP contribution in [0.1, 0.15) is 42.6 Å². The van der Waals surface area contributed by atoms with Crippen LogP contribution in [0.3, 0.4) is 0 Å². The van der Waals surface area contributed by atoms with Crippen molar-refractivity contribution >= 4 is 11.9 Å². The summed E-state index contributed by atoms with van der Waals surface area (Å²) < 4.78 is 0. The summed E-state index contributed by atoms with van der Waals surface area (Å²) in [6.07, 6.45) is 3.09. The van der Waals surface area contributed by atoms with Crippen molar-refractivity contribution in [3.63, 3.8) is 0 Å². The largest absolute Gasteiger partial charge is 0.343 e. The monoisotopic (exact) mass is 380 g/mol. The van der Waals surface area contributed by atoms with Gasteiger partial charge in [-0.2, -0.15) is 0 Å². The van der Waals surface area contributed by atoms with Gasteiger partial charge in [-0.25, -0.2) is 4.79 Å². The van der Waals surface area contributed by atoms with Gasteiger partial charge in [-0.3, -0.25) is 9.78 Å². The molecule has 6 heteroatoms. The van der Waals surface area contributed by atoms with Crippen LogP contribution in [0, 0.1) is 12.8 Å². The normalized spacial score (nSPS) is 15.7. The first-order chi connectivity index (χ1) is 13.6. The fourth-order valence-corrected chi connectivity index (χ4v) is 3.64. The Morgan fingerprint density at radius 3 is 2.50 bits per heavy atom. The van der Waals surface area contributed by atoms with Crippen molar-refractivity contribution in [1.82, 2.24) is 20.5 Å². The third kappa shape index (κ3) is 4.68. The van der Waals surface area contributed by atoms with Crippen LogP contribution >= 0.6 is 0 Å². The maximum Gasteiger partial charge on any atom is 0.317 e. The van der Waals surface area contributed by atoms with Crippen molar-refractivity contribution in [3.05, 3.63) is 65.5 Å². The lowest BCUT2D eigenvalue weighted by Gasteiger charge is -2.32. The van der Waals surface area contributed by atoms with E-state index >= 15 is 0 Å². The van der Waals surface area contributed by atoms with Gasteiger partial charge >= 0.3 is 6.03 Å². The van der Waals surface area contributed by atoms with Crippen molar-refractivity contribution in [2.24, 2.45) is 5.92 Å². The van der Waals surface area contributed by atoms with Gasteiger partial charge in [-0.05, 0) is 49.9 Å². The maximum atomic E-state index is 13.0.